The van der Waals surface area contributed by atoms with Crippen LogP contribution in [-0.4, -0.2) is 49.4 Å². The minimum Gasteiger partial charge on any atom is -0.496 e. The third-order valence-corrected chi connectivity index (χ3v) is 4.46. The zero-order valence-electron chi connectivity index (χ0n) is 11.8. The van der Waals surface area contributed by atoms with E-state index in [2.05, 4.69) is 34.0 Å². The van der Waals surface area contributed by atoms with Crippen LogP contribution in [0.3, 0.4) is 0 Å². The van der Waals surface area contributed by atoms with Gasteiger partial charge in [0.2, 0.25) is 0 Å². The van der Waals surface area contributed by atoms with E-state index >= 15 is 0 Å². The van der Waals surface area contributed by atoms with E-state index in [0.717, 1.165) is 16.0 Å². The summed E-state index contributed by atoms with van der Waals surface area (Å²) in [5.41, 5.74) is 0.705. The second-order valence-electron chi connectivity index (χ2n) is 4.49. The number of rotatable bonds is 7. The summed E-state index contributed by atoms with van der Waals surface area (Å²) in [5.74, 6) is 1.88. The van der Waals surface area contributed by atoms with Gasteiger partial charge < -0.3 is 4.74 Å². The highest BCUT2D eigenvalue weighted by molar-refractivity contribution is 9.10. The lowest BCUT2D eigenvalue weighted by atomic mass is 10.1. The lowest BCUT2D eigenvalue weighted by molar-refractivity contribution is 0.0930. The van der Waals surface area contributed by atoms with Gasteiger partial charge in [-0.05, 0) is 54.4 Å². The maximum absolute atomic E-state index is 12.2. The van der Waals surface area contributed by atoms with Crippen molar-refractivity contribution < 1.29 is 9.53 Å². The first kappa shape index (κ1) is 16.5. The maximum atomic E-state index is 12.2. The Balaban J connectivity index is 2.70. The zero-order chi connectivity index (χ0) is 14.4. The van der Waals surface area contributed by atoms with Crippen molar-refractivity contribution in [1.29, 1.82) is 0 Å². The smallest absolute Gasteiger partial charge is 0.176 e. The molecule has 0 aliphatic heterocycles. The second kappa shape index (κ2) is 7.92. The summed E-state index contributed by atoms with van der Waals surface area (Å²) in [6, 6.07) is 5.82. The molecule has 0 heterocycles. The molecule has 1 atom stereocenters. The molecule has 1 aromatic rings. The Hall–Kier alpha value is -0.520. The van der Waals surface area contributed by atoms with E-state index in [4.69, 9.17) is 4.74 Å². The fourth-order valence-corrected chi connectivity index (χ4v) is 2.96. The Bertz CT molecular complexity index is 439. The SMILES string of the molecule is COc1ccc(C(=O)CN(C)C(C)CSC)cc1Br. The van der Waals surface area contributed by atoms with Gasteiger partial charge in [0.05, 0.1) is 18.1 Å². The van der Waals surface area contributed by atoms with Gasteiger partial charge in [-0.2, -0.15) is 11.8 Å². The quantitative estimate of drug-likeness (QED) is 0.709. The van der Waals surface area contributed by atoms with Crippen molar-refractivity contribution in [3.8, 4) is 5.75 Å². The van der Waals surface area contributed by atoms with E-state index in [1.165, 1.54) is 0 Å². The minimum atomic E-state index is 0.124. The molecule has 19 heavy (non-hydrogen) atoms. The molecular weight excluding hydrogens is 326 g/mol. The van der Waals surface area contributed by atoms with E-state index in [9.17, 15) is 4.79 Å². The number of carbonyl (C=O) groups excluding carboxylic acids is 1. The van der Waals surface area contributed by atoms with E-state index in [-0.39, 0.29) is 5.78 Å². The number of carbonyl (C=O) groups is 1. The monoisotopic (exact) mass is 345 g/mol. The number of hydrogen-bond donors (Lipinski definition) is 0. The first-order chi connectivity index (χ1) is 8.99. The highest BCUT2D eigenvalue weighted by Crippen LogP contribution is 2.25. The van der Waals surface area contributed by atoms with Crippen molar-refractivity contribution >= 4 is 33.5 Å². The standard InChI is InChI=1S/C14H20BrNO2S/c1-10(9-19-4)16(2)8-13(17)11-5-6-14(18-3)12(15)7-11/h5-7,10H,8-9H2,1-4H3. The predicted molar refractivity (Wildman–Crippen MR) is 85.5 cm³/mol. The van der Waals surface area contributed by atoms with E-state index in [1.807, 2.05) is 19.2 Å². The number of thioether (sulfide) groups is 1. The zero-order valence-corrected chi connectivity index (χ0v) is 14.2. The molecule has 1 unspecified atom stereocenters. The molecule has 0 saturated carbocycles. The number of nitrogens with zero attached hydrogens (tertiary/aromatic N) is 1. The highest BCUT2D eigenvalue weighted by Gasteiger charge is 2.15. The average molecular weight is 346 g/mol. The largest absolute Gasteiger partial charge is 0.496 e. The molecule has 0 aromatic heterocycles. The molecule has 0 amide bonds. The second-order valence-corrected chi connectivity index (χ2v) is 6.26. The number of benzene rings is 1. The molecule has 106 valence electrons. The lowest BCUT2D eigenvalue weighted by Crippen LogP contribution is -2.35. The Labute approximate surface area is 127 Å². The first-order valence-corrected chi connectivity index (χ1v) is 8.24. The minimum absolute atomic E-state index is 0.124. The summed E-state index contributed by atoms with van der Waals surface area (Å²) < 4.78 is 5.97. The number of likely N-dealkylation sites (N-methyl/N-ethyl adjacent to an activating group) is 1. The van der Waals surface area contributed by atoms with E-state index < -0.39 is 0 Å². The molecule has 0 N–H and O–H groups in total. The number of methoxy groups -OCH3 is 1. The first-order valence-electron chi connectivity index (χ1n) is 6.05. The summed E-state index contributed by atoms with van der Waals surface area (Å²) >= 11 is 5.19. The molecule has 5 heteroatoms. The van der Waals surface area contributed by atoms with Crippen LogP contribution in [0.1, 0.15) is 17.3 Å². The predicted octanol–water partition coefficient (Wildman–Crippen LogP) is 3.32. The number of Topliss-reactive ketones (excluding diaryl/α,β-unsaturated/α-hetero) is 1. The number of halogens is 1. The van der Waals surface area contributed by atoms with Crippen molar-refractivity contribution in [3.63, 3.8) is 0 Å². The maximum Gasteiger partial charge on any atom is 0.176 e. The summed E-state index contributed by atoms with van der Waals surface area (Å²) in [7, 11) is 3.59. The normalized spacial score (nSPS) is 12.5. The third-order valence-electron chi connectivity index (χ3n) is 3.03. The Morgan fingerprint density at radius 1 is 1.53 bits per heavy atom. The Kier molecular flexibility index (Phi) is 6.89. The molecule has 0 radical (unpaired) electrons. The average Bonchev–Trinajstić information content (AvgIpc) is 2.38. The van der Waals surface area contributed by atoms with Gasteiger partial charge in [0.25, 0.3) is 0 Å². The van der Waals surface area contributed by atoms with Gasteiger partial charge in [0.15, 0.2) is 5.78 Å². The van der Waals surface area contributed by atoms with E-state index in [0.29, 0.717) is 18.2 Å². The van der Waals surface area contributed by atoms with Crippen molar-refractivity contribution in [3.05, 3.63) is 28.2 Å². The van der Waals surface area contributed by atoms with Crippen LogP contribution >= 0.6 is 27.7 Å². The van der Waals surface area contributed by atoms with Crippen molar-refractivity contribution in [2.75, 3.05) is 32.7 Å². The number of ether oxygens (including phenoxy) is 1. The van der Waals surface area contributed by atoms with Crippen LogP contribution in [-0.2, 0) is 0 Å². The van der Waals surface area contributed by atoms with Crippen molar-refractivity contribution in [1.82, 2.24) is 4.90 Å². The molecule has 0 spiro atoms. The molecular formula is C14H20BrNO2S. The third kappa shape index (κ3) is 4.82. The number of hydrogen-bond acceptors (Lipinski definition) is 4. The molecule has 1 aromatic carbocycles. The van der Waals surface area contributed by atoms with Crippen LogP contribution in [0, 0.1) is 0 Å². The summed E-state index contributed by atoms with van der Waals surface area (Å²) in [6.45, 7) is 2.56. The Morgan fingerprint density at radius 2 is 2.21 bits per heavy atom. The number of ketones is 1. The Morgan fingerprint density at radius 3 is 2.74 bits per heavy atom. The molecule has 0 aliphatic carbocycles. The van der Waals surface area contributed by atoms with Gasteiger partial charge in [-0.25, -0.2) is 0 Å². The summed E-state index contributed by atoms with van der Waals surface area (Å²) in [5, 5.41) is 0. The van der Waals surface area contributed by atoms with Crippen molar-refractivity contribution in [2.45, 2.75) is 13.0 Å². The van der Waals surface area contributed by atoms with Crippen LogP contribution < -0.4 is 4.74 Å². The van der Waals surface area contributed by atoms with Crippen LogP contribution in [0.4, 0.5) is 0 Å². The fourth-order valence-electron chi connectivity index (χ4n) is 1.68. The van der Waals surface area contributed by atoms with Gasteiger partial charge >= 0.3 is 0 Å². The topological polar surface area (TPSA) is 29.5 Å². The van der Waals surface area contributed by atoms with Crippen LogP contribution in [0.5, 0.6) is 5.75 Å². The van der Waals surface area contributed by atoms with Gasteiger partial charge in [-0.1, -0.05) is 0 Å². The van der Waals surface area contributed by atoms with Gasteiger partial charge in [0, 0.05) is 17.4 Å². The van der Waals surface area contributed by atoms with Crippen LogP contribution in [0.15, 0.2) is 22.7 Å². The van der Waals surface area contributed by atoms with Gasteiger partial charge in [-0.15, -0.1) is 0 Å². The highest BCUT2D eigenvalue weighted by atomic mass is 79.9. The van der Waals surface area contributed by atoms with Crippen LogP contribution in [0.2, 0.25) is 0 Å². The van der Waals surface area contributed by atoms with Crippen molar-refractivity contribution in [2.24, 2.45) is 0 Å². The summed E-state index contributed by atoms with van der Waals surface area (Å²) in [4.78, 5) is 14.3. The lowest BCUT2D eigenvalue weighted by Gasteiger charge is -2.23. The van der Waals surface area contributed by atoms with Gasteiger partial charge in [0.1, 0.15) is 5.75 Å². The van der Waals surface area contributed by atoms with E-state index in [1.54, 1.807) is 24.9 Å². The summed E-state index contributed by atoms with van der Waals surface area (Å²) in [6.07, 6.45) is 2.08. The fraction of sp³-hybridized carbons (Fsp3) is 0.500. The molecule has 0 fully saturated rings. The molecule has 3 nitrogen and oxygen atoms in total. The molecule has 0 saturated heterocycles. The molecule has 0 bridgehead atoms. The van der Waals surface area contributed by atoms with Gasteiger partial charge in [-0.3, -0.25) is 9.69 Å². The molecule has 0 aliphatic rings. The van der Waals surface area contributed by atoms with Crippen LogP contribution in [0.25, 0.3) is 0 Å². The molecule has 1 rings (SSSR count).